The Labute approximate surface area is 115 Å². The molecule has 1 aromatic rings. The van der Waals surface area contributed by atoms with Crippen LogP contribution < -0.4 is 10.6 Å². The summed E-state index contributed by atoms with van der Waals surface area (Å²) in [6, 6.07) is 5.95. The third-order valence-electron chi connectivity index (χ3n) is 2.56. The molecule has 0 fully saturated rings. The standard InChI is InChI=1S/C14H25N3O2/c1-3-15-13-7-6-8-14(17-13)16-9-4-5-10-19-12-11-18-2/h6-8H,3-5,9-12H2,1-2H3,(H2,15,16,17). The Hall–Kier alpha value is -1.33. The van der Waals surface area contributed by atoms with Crippen LogP contribution in [0, 0.1) is 0 Å². The summed E-state index contributed by atoms with van der Waals surface area (Å²) in [5, 5.41) is 6.51. The van der Waals surface area contributed by atoms with Crippen molar-refractivity contribution in [2.45, 2.75) is 19.8 Å². The first-order chi connectivity index (χ1) is 9.36. The number of methoxy groups -OCH3 is 1. The topological polar surface area (TPSA) is 55.4 Å². The molecule has 0 aliphatic heterocycles. The van der Waals surface area contributed by atoms with E-state index in [4.69, 9.17) is 9.47 Å². The highest BCUT2D eigenvalue weighted by molar-refractivity contribution is 5.44. The van der Waals surface area contributed by atoms with Gasteiger partial charge in [0.15, 0.2) is 0 Å². The molecule has 0 radical (unpaired) electrons. The summed E-state index contributed by atoms with van der Waals surface area (Å²) in [7, 11) is 1.68. The molecule has 0 aliphatic carbocycles. The van der Waals surface area contributed by atoms with Gasteiger partial charge in [-0.25, -0.2) is 4.98 Å². The van der Waals surface area contributed by atoms with Crippen LogP contribution in [0.25, 0.3) is 0 Å². The fourth-order valence-electron chi connectivity index (χ4n) is 1.60. The van der Waals surface area contributed by atoms with Gasteiger partial charge in [0.05, 0.1) is 13.2 Å². The quantitative estimate of drug-likeness (QED) is 0.603. The van der Waals surface area contributed by atoms with Crippen LogP contribution in [0.5, 0.6) is 0 Å². The van der Waals surface area contributed by atoms with E-state index in [0.717, 1.165) is 44.2 Å². The summed E-state index contributed by atoms with van der Waals surface area (Å²) in [4.78, 5) is 4.45. The van der Waals surface area contributed by atoms with E-state index in [-0.39, 0.29) is 0 Å². The fraction of sp³-hybridized carbons (Fsp3) is 0.643. The van der Waals surface area contributed by atoms with Crippen molar-refractivity contribution >= 4 is 11.6 Å². The van der Waals surface area contributed by atoms with E-state index in [1.54, 1.807) is 7.11 Å². The third-order valence-corrected chi connectivity index (χ3v) is 2.56. The predicted molar refractivity (Wildman–Crippen MR) is 78.8 cm³/mol. The number of rotatable bonds is 11. The minimum atomic E-state index is 0.666. The zero-order valence-corrected chi connectivity index (χ0v) is 11.9. The molecular weight excluding hydrogens is 242 g/mol. The van der Waals surface area contributed by atoms with Gasteiger partial charge in [-0.05, 0) is 31.9 Å². The lowest BCUT2D eigenvalue weighted by molar-refractivity contribution is 0.0691. The predicted octanol–water partition coefficient (Wildman–Crippen LogP) is 2.37. The van der Waals surface area contributed by atoms with Crippen LogP contribution in [0.15, 0.2) is 18.2 Å². The monoisotopic (exact) mass is 267 g/mol. The maximum Gasteiger partial charge on any atom is 0.128 e. The largest absolute Gasteiger partial charge is 0.382 e. The van der Waals surface area contributed by atoms with E-state index >= 15 is 0 Å². The molecule has 0 bridgehead atoms. The third kappa shape index (κ3) is 7.64. The Bertz CT molecular complexity index is 334. The SMILES string of the molecule is CCNc1cccc(NCCCCOCCOC)n1. The summed E-state index contributed by atoms with van der Waals surface area (Å²) in [5.74, 6) is 1.83. The molecule has 0 spiro atoms. The zero-order chi connectivity index (χ0) is 13.8. The molecule has 2 N–H and O–H groups in total. The van der Waals surface area contributed by atoms with Crippen molar-refractivity contribution in [3.05, 3.63) is 18.2 Å². The van der Waals surface area contributed by atoms with E-state index < -0.39 is 0 Å². The highest BCUT2D eigenvalue weighted by Gasteiger charge is 1.96. The van der Waals surface area contributed by atoms with Crippen LogP contribution in [-0.2, 0) is 9.47 Å². The van der Waals surface area contributed by atoms with Gasteiger partial charge in [-0.15, -0.1) is 0 Å². The smallest absolute Gasteiger partial charge is 0.128 e. The van der Waals surface area contributed by atoms with Crippen LogP contribution in [0.2, 0.25) is 0 Å². The number of nitrogens with zero attached hydrogens (tertiary/aromatic N) is 1. The zero-order valence-electron chi connectivity index (χ0n) is 11.9. The number of hydrogen-bond acceptors (Lipinski definition) is 5. The van der Waals surface area contributed by atoms with Crippen molar-refractivity contribution in [2.75, 3.05) is 50.7 Å². The van der Waals surface area contributed by atoms with Gasteiger partial charge < -0.3 is 20.1 Å². The number of ether oxygens (including phenoxy) is 2. The molecule has 0 aromatic carbocycles. The van der Waals surface area contributed by atoms with E-state index in [1.807, 2.05) is 18.2 Å². The molecular formula is C14H25N3O2. The van der Waals surface area contributed by atoms with Crippen molar-refractivity contribution < 1.29 is 9.47 Å². The molecule has 1 rings (SSSR count). The maximum absolute atomic E-state index is 5.40. The van der Waals surface area contributed by atoms with E-state index in [9.17, 15) is 0 Å². The summed E-state index contributed by atoms with van der Waals surface area (Å²) in [6.07, 6.45) is 2.11. The Morgan fingerprint density at radius 2 is 1.84 bits per heavy atom. The van der Waals surface area contributed by atoms with E-state index in [0.29, 0.717) is 13.2 Å². The van der Waals surface area contributed by atoms with Gasteiger partial charge in [0, 0.05) is 26.8 Å². The summed E-state index contributed by atoms with van der Waals surface area (Å²) in [5.41, 5.74) is 0. The number of pyridine rings is 1. The first-order valence-corrected chi connectivity index (χ1v) is 6.88. The molecule has 1 aromatic heterocycles. The molecule has 0 saturated carbocycles. The summed E-state index contributed by atoms with van der Waals surface area (Å²) < 4.78 is 10.3. The number of nitrogens with one attached hydrogen (secondary N) is 2. The molecule has 19 heavy (non-hydrogen) atoms. The minimum Gasteiger partial charge on any atom is -0.382 e. The molecule has 5 heteroatoms. The average Bonchev–Trinajstić information content (AvgIpc) is 2.43. The molecule has 108 valence electrons. The van der Waals surface area contributed by atoms with Crippen LogP contribution in [0.1, 0.15) is 19.8 Å². The number of aromatic nitrogens is 1. The van der Waals surface area contributed by atoms with Crippen LogP contribution in [-0.4, -0.2) is 45.0 Å². The lowest BCUT2D eigenvalue weighted by Gasteiger charge is -2.08. The fourth-order valence-corrected chi connectivity index (χ4v) is 1.60. The van der Waals surface area contributed by atoms with Crippen molar-refractivity contribution in [1.29, 1.82) is 0 Å². The van der Waals surface area contributed by atoms with Crippen molar-refractivity contribution in [3.63, 3.8) is 0 Å². The Morgan fingerprint density at radius 3 is 2.58 bits per heavy atom. The Kier molecular flexibility index (Phi) is 8.76. The summed E-state index contributed by atoms with van der Waals surface area (Å²) in [6.45, 7) is 5.99. The molecule has 5 nitrogen and oxygen atoms in total. The Morgan fingerprint density at radius 1 is 1.05 bits per heavy atom. The number of hydrogen-bond donors (Lipinski definition) is 2. The van der Waals surface area contributed by atoms with Gasteiger partial charge >= 0.3 is 0 Å². The van der Waals surface area contributed by atoms with Gasteiger partial charge in [-0.2, -0.15) is 0 Å². The summed E-state index contributed by atoms with van der Waals surface area (Å²) >= 11 is 0. The van der Waals surface area contributed by atoms with Gasteiger partial charge in [-0.3, -0.25) is 0 Å². The Balaban J connectivity index is 2.07. The van der Waals surface area contributed by atoms with Crippen molar-refractivity contribution in [2.24, 2.45) is 0 Å². The molecule has 1 heterocycles. The van der Waals surface area contributed by atoms with Gasteiger partial charge in [0.25, 0.3) is 0 Å². The minimum absolute atomic E-state index is 0.666. The number of anilines is 2. The number of unbranched alkanes of at least 4 members (excludes halogenated alkanes) is 1. The second-order valence-electron chi connectivity index (χ2n) is 4.18. The van der Waals surface area contributed by atoms with Crippen LogP contribution >= 0.6 is 0 Å². The maximum atomic E-state index is 5.40. The molecule has 0 atom stereocenters. The molecule has 0 saturated heterocycles. The van der Waals surface area contributed by atoms with Crippen molar-refractivity contribution in [1.82, 2.24) is 4.98 Å². The van der Waals surface area contributed by atoms with Crippen molar-refractivity contribution in [3.8, 4) is 0 Å². The molecule has 0 unspecified atom stereocenters. The lowest BCUT2D eigenvalue weighted by Crippen LogP contribution is -2.07. The second-order valence-corrected chi connectivity index (χ2v) is 4.18. The average molecular weight is 267 g/mol. The van der Waals surface area contributed by atoms with Gasteiger partial charge in [0.1, 0.15) is 11.6 Å². The van der Waals surface area contributed by atoms with Gasteiger partial charge in [0.2, 0.25) is 0 Å². The van der Waals surface area contributed by atoms with Crippen LogP contribution in [0.3, 0.4) is 0 Å². The van der Waals surface area contributed by atoms with Gasteiger partial charge in [-0.1, -0.05) is 6.07 Å². The first kappa shape index (κ1) is 15.7. The second kappa shape index (κ2) is 10.6. The van der Waals surface area contributed by atoms with E-state index in [2.05, 4.69) is 22.5 Å². The van der Waals surface area contributed by atoms with Crippen LogP contribution in [0.4, 0.5) is 11.6 Å². The highest BCUT2D eigenvalue weighted by atomic mass is 16.5. The lowest BCUT2D eigenvalue weighted by atomic mass is 10.3. The van der Waals surface area contributed by atoms with E-state index in [1.165, 1.54) is 0 Å². The first-order valence-electron chi connectivity index (χ1n) is 6.88. The molecule has 0 amide bonds. The highest BCUT2D eigenvalue weighted by Crippen LogP contribution is 2.08. The molecule has 0 aliphatic rings. The normalized spacial score (nSPS) is 10.4.